The van der Waals surface area contributed by atoms with E-state index in [1.165, 1.54) is 19.2 Å². The minimum Gasteiger partial charge on any atom is -0.483 e. The maximum Gasteiger partial charge on any atom is 0.416 e. The Hall–Kier alpha value is -1.87. The van der Waals surface area contributed by atoms with E-state index in [-0.39, 0.29) is 17.0 Å². The first kappa shape index (κ1) is 26.4. The smallest absolute Gasteiger partial charge is 0.416 e. The lowest BCUT2D eigenvalue weighted by molar-refractivity contribution is -0.137. The first-order chi connectivity index (χ1) is 14.6. The van der Waals surface area contributed by atoms with Crippen LogP contribution in [0.4, 0.5) is 13.2 Å². The summed E-state index contributed by atoms with van der Waals surface area (Å²) < 4.78 is 57.2. The average Bonchev–Trinajstić information content (AvgIpc) is 2.69. The first-order valence-electron chi connectivity index (χ1n) is 10.7. The Morgan fingerprint density at radius 3 is 1.75 bits per heavy atom. The topological polar surface area (TPSA) is 52.4 Å². The third-order valence-corrected chi connectivity index (χ3v) is 10.6. The summed E-state index contributed by atoms with van der Waals surface area (Å²) in [5, 5.41) is -0.121. The van der Waals surface area contributed by atoms with Gasteiger partial charge in [-0.3, -0.25) is 0 Å². The maximum absolute atomic E-state index is 13.1. The molecule has 0 radical (unpaired) electrons. The highest BCUT2D eigenvalue weighted by molar-refractivity contribution is 6.74. The van der Waals surface area contributed by atoms with E-state index in [1.54, 1.807) is 7.11 Å². The second kappa shape index (κ2) is 9.55. The van der Waals surface area contributed by atoms with Gasteiger partial charge in [0.15, 0.2) is 14.4 Å². The van der Waals surface area contributed by atoms with Crippen molar-refractivity contribution in [1.82, 2.24) is 0 Å². The van der Waals surface area contributed by atoms with Crippen LogP contribution in [0.3, 0.4) is 0 Å². The van der Waals surface area contributed by atoms with E-state index in [9.17, 15) is 13.2 Å². The zero-order valence-corrected chi connectivity index (χ0v) is 21.4. The molecule has 1 aromatic rings. The Morgan fingerprint density at radius 2 is 1.34 bits per heavy atom. The molecule has 1 aliphatic rings. The number of hydrogen-bond donors (Lipinski definition) is 0. The molecule has 0 amide bonds. The predicted octanol–water partition coefficient (Wildman–Crippen LogP) is 6.26. The number of alkyl halides is 3. The van der Waals surface area contributed by atoms with Crippen molar-refractivity contribution in [2.24, 2.45) is 15.9 Å². The number of aliphatic imine (C=N–C) groups is 2. The Morgan fingerprint density at radius 1 is 0.875 bits per heavy atom. The summed E-state index contributed by atoms with van der Waals surface area (Å²) in [5.74, 6) is 0.972. The minimum atomic E-state index is -4.41. The average molecular weight is 473 g/mol. The molecule has 0 saturated heterocycles. The fourth-order valence-electron chi connectivity index (χ4n) is 3.19. The molecule has 2 rings (SSSR count). The first-order valence-corrected chi connectivity index (χ1v) is 13.6. The third-order valence-electron chi connectivity index (χ3n) is 6.17. The molecule has 0 spiro atoms. The van der Waals surface area contributed by atoms with Crippen LogP contribution in [-0.4, -0.2) is 46.4 Å². The number of methoxy groups -OCH3 is 2. The highest BCUT2D eigenvalue weighted by Crippen LogP contribution is 2.42. The van der Waals surface area contributed by atoms with Crippen LogP contribution < -0.4 is 0 Å². The second-order valence-corrected chi connectivity index (χ2v) is 14.7. The van der Waals surface area contributed by atoms with Gasteiger partial charge in [-0.2, -0.15) is 13.2 Å². The number of hydrogen-bond acceptors (Lipinski definition) is 5. The molecule has 0 fully saturated rings. The number of nitrogens with zero attached hydrogens (tertiary/aromatic N) is 2. The molecular weight excluding hydrogens is 437 g/mol. The van der Waals surface area contributed by atoms with Gasteiger partial charge in [0.1, 0.15) is 12.1 Å². The third kappa shape index (κ3) is 5.73. The van der Waals surface area contributed by atoms with Crippen LogP contribution in [0.2, 0.25) is 18.1 Å². The molecule has 0 saturated carbocycles. The van der Waals surface area contributed by atoms with Crippen LogP contribution in [0.5, 0.6) is 0 Å². The van der Waals surface area contributed by atoms with Gasteiger partial charge >= 0.3 is 6.18 Å². The van der Waals surface area contributed by atoms with Crippen LogP contribution in [-0.2, 0) is 20.1 Å². The number of ether oxygens (including phenoxy) is 2. The standard InChI is InChI=1S/C23H35F3N2O3Si/c1-14(2)17-20(29-6)28-18(21(27-17)30-7)19(31-32(8,9)22(3,4)5)15-10-12-16(13-11-15)23(24,25)26/h10-14,17-19H,1-9H3/t17-,18+,19+/m1/s1. The van der Waals surface area contributed by atoms with E-state index in [1.807, 2.05) is 13.8 Å². The second-order valence-electron chi connectivity index (χ2n) is 9.90. The van der Waals surface area contributed by atoms with E-state index >= 15 is 0 Å². The van der Waals surface area contributed by atoms with Crippen LogP contribution >= 0.6 is 0 Å². The van der Waals surface area contributed by atoms with Crippen molar-refractivity contribution < 1.29 is 27.1 Å². The summed E-state index contributed by atoms with van der Waals surface area (Å²) in [6, 6.07) is 4.07. The molecule has 0 N–H and O–H groups in total. The SMILES string of the molecule is COC1=N[C@H](C(C)C)C(OC)=N[C@H]1[C@@H](O[Si](C)(C)C(C)(C)C)c1ccc(C(F)(F)F)cc1. The van der Waals surface area contributed by atoms with Gasteiger partial charge in [0.25, 0.3) is 0 Å². The van der Waals surface area contributed by atoms with Crippen molar-refractivity contribution >= 4 is 20.1 Å². The van der Waals surface area contributed by atoms with Gasteiger partial charge in [0.05, 0.1) is 19.8 Å². The molecule has 3 atom stereocenters. The van der Waals surface area contributed by atoms with Gasteiger partial charge in [-0.05, 0) is 41.7 Å². The summed E-state index contributed by atoms with van der Waals surface area (Å²) in [6.07, 6.45) is -5.08. The number of rotatable bonds is 5. The van der Waals surface area contributed by atoms with Crippen molar-refractivity contribution in [1.29, 1.82) is 0 Å². The summed E-state index contributed by atoms with van der Waals surface area (Å²) in [6.45, 7) is 14.5. The maximum atomic E-state index is 13.1. The zero-order valence-electron chi connectivity index (χ0n) is 20.4. The molecule has 0 bridgehead atoms. The predicted molar refractivity (Wildman–Crippen MR) is 124 cm³/mol. The van der Waals surface area contributed by atoms with E-state index in [0.717, 1.165) is 12.1 Å². The van der Waals surface area contributed by atoms with Crippen LogP contribution in [0.15, 0.2) is 34.3 Å². The van der Waals surface area contributed by atoms with Gasteiger partial charge < -0.3 is 13.9 Å². The Labute approximate surface area is 190 Å². The molecular formula is C23H35F3N2O3Si. The molecule has 180 valence electrons. The van der Waals surface area contributed by atoms with Crippen LogP contribution in [0.25, 0.3) is 0 Å². The Bertz CT molecular complexity index is 844. The van der Waals surface area contributed by atoms with Crippen molar-refractivity contribution in [2.75, 3.05) is 14.2 Å². The van der Waals surface area contributed by atoms with Gasteiger partial charge in [-0.25, -0.2) is 9.98 Å². The normalized spacial score (nSPS) is 21.2. The minimum absolute atomic E-state index is 0.121. The number of benzene rings is 1. The molecule has 0 aromatic heterocycles. The summed E-state index contributed by atoms with van der Waals surface area (Å²) >= 11 is 0. The lowest BCUT2D eigenvalue weighted by atomic mass is 9.97. The van der Waals surface area contributed by atoms with E-state index in [2.05, 4.69) is 33.9 Å². The number of halogens is 3. The molecule has 32 heavy (non-hydrogen) atoms. The van der Waals surface area contributed by atoms with Crippen LogP contribution in [0.1, 0.15) is 51.8 Å². The molecule has 0 aliphatic carbocycles. The quantitative estimate of drug-likeness (QED) is 0.475. The van der Waals surface area contributed by atoms with Crippen molar-refractivity contribution in [3.8, 4) is 0 Å². The molecule has 1 heterocycles. The summed E-state index contributed by atoms with van der Waals surface area (Å²) in [7, 11) is 0.721. The Kier molecular flexibility index (Phi) is 7.87. The highest BCUT2D eigenvalue weighted by atomic mass is 28.4. The van der Waals surface area contributed by atoms with E-state index in [0.29, 0.717) is 17.4 Å². The van der Waals surface area contributed by atoms with Gasteiger partial charge in [0, 0.05) is 0 Å². The monoisotopic (exact) mass is 472 g/mol. The van der Waals surface area contributed by atoms with Gasteiger partial charge in [0.2, 0.25) is 11.8 Å². The van der Waals surface area contributed by atoms with Gasteiger partial charge in [-0.15, -0.1) is 0 Å². The Balaban J connectivity index is 2.60. The fraction of sp³-hybridized carbons (Fsp3) is 0.652. The van der Waals surface area contributed by atoms with Gasteiger partial charge in [-0.1, -0.05) is 46.8 Å². The lowest BCUT2D eigenvalue weighted by Gasteiger charge is -2.41. The summed E-state index contributed by atoms with van der Waals surface area (Å²) in [4.78, 5) is 9.51. The highest BCUT2D eigenvalue weighted by Gasteiger charge is 2.44. The van der Waals surface area contributed by atoms with Crippen molar-refractivity contribution in [3.05, 3.63) is 35.4 Å². The largest absolute Gasteiger partial charge is 0.483 e. The van der Waals surface area contributed by atoms with Crippen molar-refractivity contribution in [3.63, 3.8) is 0 Å². The van der Waals surface area contributed by atoms with Crippen LogP contribution in [0, 0.1) is 5.92 Å². The fourth-order valence-corrected chi connectivity index (χ4v) is 4.44. The van der Waals surface area contributed by atoms with Crippen molar-refractivity contribution in [2.45, 2.75) is 77.1 Å². The molecule has 9 heteroatoms. The van der Waals surface area contributed by atoms with E-state index < -0.39 is 32.2 Å². The molecule has 0 unspecified atom stereocenters. The lowest BCUT2D eigenvalue weighted by Crippen LogP contribution is -2.47. The van der Waals surface area contributed by atoms with E-state index in [4.69, 9.17) is 23.9 Å². The molecule has 1 aliphatic heterocycles. The molecule has 1 aromatic carbocycles. The zero-order chi connectivity index (χ0) is 24.5. The molecule has 5 nitrogen and oxygen atoms in total. The summed E-state index contributed by atoms with van der Waals surface area (Å²) in [5.41, 5.74) is -0.127.